The average molecular weight is 210 g/mol. The smallest absolute Gasteiger partial charge is 0.225 e. The molecule has 0 radical (unpaired) electrons. The second kappa shape index (κ2) is 3.78. The molecule has 2 unspecified atom stereocenters. The molecule has 0 aromatic heterocycles. The van der Waals surface area contributed by atoms with Crippen molar-refractivity contribution in [2.45, 2.75) is 39.8 Å². The molecular weight excluding hydrogens is 188 g/mol. The molecule has 3 nitrogen and oxygen atoms in total. The largest absolute Gasteiger partial charge is 0.342 e. The summed E-state index contributed by atoms with van der Waals surface area (Å²) in [4.78, 5) is 13.8. The van der Waals surface area contributed by atoms with Crippen LogP contribution in [0.3, 0.4) is 0 Å². The number of nitrogens with zero attached hydrogens (tertiary/aromatic N) is 1. The van der Waals surface area contributed by atoms with E-state index < -0.39 is 0 Å². The quantitative estimate of drug-likeness (QED) is 0.756. The Morgan fingerprint density at radius 1 is 1.20 bits per heavy atom. The molecule has 15 heavy (non-hydrogen) atoms. The second-order valence-electron chi connectivity index (χ2n) is 5.57. The molecule has 0 bridgehead atoms. The van der Waals surface area contributed by atoms with Crippen LogP contribution in [0.4, 0.5) is 0 Å². The molecule has 1 N–H and O–H groups in total. The van der Waals surface area contributed by atoms with E-state index in [1.165, 1.54) is 0 Å². The number of nitrogens with one attached hydrogen (secondary N) is 1. The van der Waals surface area contributed by atoms with Crippen LogP contribution in [0.2, 0.25) is 0 Å². The average Bonchev–Trinajstić information content (AvgIpc) is 2.63. The van der Waals surface area contributed by atoms with Crippen LogP contribution in [-0.2, 0) is 4.79 Å². The fourth-order valence-corrected chi connectivity index (χ4v) is 2.70. The van der Waals surface area contributed by atoms with Gasteiger partial charge in [0.1, 0.15) is 0 Å². The van der Waals surface area contributed by atoms with E-state index in [-0.39, 0.29) is 5.92 Å². The molecule has 1 aliphatic heterocycles. The van der Waals surface area contributed by atoms with Gasteiger partial charge in [0.15, 0.2) is 0 Å². The number of fused-ring (bicyclic) bond motifs is 1. The summed E-state index contributed by atoms with van der Waals surface area (Å²) in [6.45, 7) is 10.3. The Morgan fingerprint density at radius 2 is 1.73 bits per heavy atom. The van der Waals surface area contributed by atoms with Gasteiger partial charge in [-0.2, -0.15) is 0 Å². The summed E-state index contributed by atoms with van der Waals surface area (Å²) in [7, 11) is 0. The lowest BCUT2D eigenvalue weighted by atomic mass is 10.2. The minimum Gasteiger partial charge on any atom is -0.342 e. The highest BCUT2D eigenvalue weighted by Gasteiger charge is 2.56. The summed E-state index contributed by atoms with van der Waals surface area (Å²) < 4.78 is 0. The molecule has 0 aromatic carbocycles. The topological polar surface area (TPSA) is 32.3 Å². The van der Waals surface area contributed by atoms with Crippen LogP contribution in [0.1, 0.15) is 27.7 Å². The van der Waals surface area contributed by atoms with E-state index in [4.69, 9.17) is 0 Å². The second-order valence-corrected chi connectivity index (χ2v) is 5.57. The Balaban J connectivity index is 1.80. The highest BCUT2D eigenvalue weighted by atomic mass is 16.2. The van der Waals surface area contributed by atoms with Gasteiger partial charge in [0.25, 0.3) is 0 Å². The van der Waals surface area contributed by atoms with Gasteiger partial charge in [-0.25, -0.2) is 0 Å². The van der Waals surface area contributed by atoms with Gasteiger partial charge in [0.2, 0.25) is 5.91 Å². The highest BCUT2D eigenvalue weighted by molar-refractivity contribution is 5.78. The first kappa shape index (κ1) is 10.9. The fourth-order valence-electron chi connectivity index (χ4n) is 2.70. The van der Waals surface area contributed by atoms with E-state index in [1.807, 2.05) is 18.7 Å². The van der Waals surface area contributed by atoms with Crippen molar-refractivity contribution in [2.24, 2.45) is 17.8 Å². The highest BCUT2D eigenvalue weighted by Crippen LogP contribution is 2.45. The minimum absolute atomic E-state index is 0.152. The van der Waals surface area contributed by atoms with Gasteiger partial charge in [0.05, 0.1) is 0 Å². The maximum atomic E-state index is 11.7. The lowest BCUT2D eigenvalue weighted by Crippen LogP contribution is -2.39. The van der Waals surface area contributed by atoms with Crippen molar-refractivity contribution in [1.82, 2.24) is 10.2 Å². The predicted molar refractivity (Wildman–Crippen MR) is 60.5 cm³/mol. The Kier molecular flexibility index (Phi) is 2.75. The van der Waals surface area contributed by atoms with Crippen molar-refractivity contribution in [1.29, 1.82) is 0 Å². The number of piperidine rings is 1. The zero-order chi connectivity index (χ0) is 11.2. The van der Waals surface area contributed by atoms with Crippen LogP contribution in [0.25, 0.3) is 0 Å². The molecule has 1 aliphatic carbocycles. The van der Waals surface area contributed by atoms with Crippen LogP contribution in [0, 0.1) is 17.8 Å². The van der Waals surface area contributed by atoms with Gasteiger partial charge in [-0.1, -0.05) is 27.7 Å². The van der Waals surface area contributed by atoms with Gasteiger partial charge < -0.3 is 10.2 Å². The summed E-state index contributed by atoms with van der Waals surface area (Å²) in [6, 6.07) is 1.25. The number of amides is 1. The SMILES string of the molecule is CC(C)NC1C2CN(C(=O)C(C)C)CC21. The predicted octanol–water partition coefficient (Wildman–Crippen LogP) is 1.10. The standard InChI is InChI=1S/C12H22N2O/c1-7(2)12(15)14-5-9-10(6-14)11(9)13-8(3)4/h7-11,13H,5-6H2,1-4H3. The van der Waals surface area contributed by atoms with Crippen LogP contribution >= 0.6 is 0 Å². The van der Waals surface area contributed by atoms with Gasteiger partial charge in [-0.3, -0.25) is 4.79 Å². The van der Waals surface area contributed by atoms with E-state index in [0.717, 1.165) is 24.9 Å². The van der Waals surface area contributed by atoms with E-state index in [0.29, 0.717) is 18.0 Å². The molecule has 2 atom stereocenters. The Hall–Kier alpha value is -0.570. The van der Waals surface area contributed by atoms with Crippen molar-refractivity contribution in [3.63, 3.8) is 0 Å². The van der Waals surface area contributed by atoms with Crippen molar-refractivity contribution in [2.75, 3.05) is 13.1 Å². The van der Waals surface area contributed by atoms with E-state index in [1.54, 1.807) is 0 Å². The number of carbonyl (C=O) groups is 1. The lowest BCUT2D eigenvalue weighted by Gasteiger charge is -2.22. The minimum atomic E-state index is 0.152. The number of likely N-dealkylation sites (tertiary alicyclic amines) is 1. The van der Waals surface area contributed by atoms with E-state index >= 15 is 0 Å². The van der Waals surface area contributed by atoms with Crippen molar-refractivity contribution in [3.8, 4) is 0 Å². The van der Waals surface area contributed by atoms with Gasteiger partial charge in [-0.05, 0) is 11.8 Å². The van der Waals surface area contributed by atoms with Gasteiger partial charge in [-0.15, -0.1) is 0 Å². The first-order valence-corrected chi connectivity index (χ1v) is 6.05. The number of hydrogen-bond donors (Lipinski definition) is 1. The van der Waals surface area contributed by atoms with E-state index in [9.17, 15) is 4.79 Å². The molecule has 3 heteroatoms. The van der Waals surface area contributed by atoms with Crippen LogP contribution in [0.5, 0.6) is 0 Å². The van der Waals surface area contributed by atoms with E-state index in [2.05, 4.69) is 19.2 Å². The van der Waals surface area contributed by atoms with Crippen LogP contribution in [0.15, 0.2) is 0 Å². The molecule has 1 saturated carbocycles. The molecule has 2 rings (SSSR count). The Morgan fingerprint density at radius 3 is 2.13 bits per heavy atom. The van der Waals surface area contributed by atoms with Crippen molar-refractivity contribution in [3.05, 3.63) is 0 Å². The molecule has 1 heterocycles. The lowest BCUT2D eigenvalue weighted by molar-refractivity contribution is -0.133. The van der Waals surface area contributed by atoms with Crippen molar-refractivity contribution < 1.29 is 4.79 Å². The molecule has 0 aromatic rings. The molecule has 86 valence electrons. The Labute approximate surface area is 92.2 Å². The monoisotopic (exact) mass is 210 g/mol. The molecule has 2 fully saturated rings. The summed E-state index contributed by atoms with van der Waals surface area (Å²) in [5.74, 6) is 1.94. The molecule has 1 amide bonds. The maximum Gasteiger partial charge on any atom is 0.225 e. The van der Waals surface area contributed by atoms with Crippen LogP contribution in [-0.4, -0.2) is 36.0 Å². The third kappa shape index (κ3) is 2.03. The zero-order valence-electron chi connectivity index (χ0n) is 10.2. The molecular formula is C12H22N2O. The first-order valence-electron chi connectivity index (χ1n) is 6.05. The zero-order valence-corrected chi connectivity index (χ0v) is 10.2. The molecule has 0 spiro atoms. The summed E-state index contributed by atoms with van der Waals surface area (Å²) in [6.07, 6.45) is 0. The summed E-state index contributed by atoms with van der Waals surface area (Å²) in [5, 5.41) is 3.57. The maximum absolute atomic E-state index is 11.7. The Bertz CT molecular complexity index is 250. The third-order valence-electron chi connectivity index (χ3n) is 3.53. The number of carbonyl (C=O) groups excluding carboxylic acids is 1. The molecule has 1 saturated heterocycles. The van der Waals surface area contributed by atoms with Gasteiger partial charge in [0, 0.05) is 31.1 Å². The summed E-state index contributed by atoms with van der Waals surface area (Å²) in [5.41, 5.74) is 0. The normalized spacial score (nSPS) is 33.7. The molecule has 2 aliphatic rings. The fraction of sp³-hybridized carbons (Fsp3) is 0.917. The third-order valence-corrected chi connectivity index (χ3v) is 3.53. The number of rotatable bonds is 3. The van der Waals surface area contributed by atoms with Gasteiger partial charge >= 0.3 is 0 Å². The summed E-state index contributed by atoms with van der Waals surface area (Å²) >= 11 is 0. The van der Waals surface area contributed by atoms with Crippen LogP contribution < -0.4 is 5.32 Å². The number of hydrogen-bond acceptors (Lipinski definition) is 2. The first-order chi connectivity index (χ1) is 7.00. The van der Waals surface area contributed by atoms with Crippen molar-refractivity contribution >= 4 is 5.91 Å².